The molecule has 2 fully saturated rings. The fourth-order valence-corrected chi connectivity index (χ4v) is 5.62. The molecule has 7 nitrogen and oxygen atoms in total. The summed E-state index contributed by atoms with van der Waals surface area (Å²) in [5.74, 6) is 1.42. The third kappa shape index (κ3) is 4.10. The predicted molar refractivity (Wildman–Crippen MR) is 126 cm³/mol. The number of pyridine rings is 1. The zero-order valence-electron chi connectivity index (χ0n) is 19.3. The lowest BCUT2D eigenvalue weighted by molar-refractivity contribution is 0.138. The number of benzene rings is 1. The number of H-pyrrole nitrogens is 1. The highest BCUT2D eigenvalue weighted by Gasteiger charge is 2.34. The molecule has 2 aromatic heterocycles. The Kier molecular flexibility index (Phi) is 6.09. The van der Waals surface area contributed by atoms with E-state index < -0.39 is 0 Å². The van der Waals surface area contributed by atoms with Crippen LogP contribution in [0.1, 0.15) is 87.8 Å². The highest BCUT2D eigenvalue weighted by atomic mass is 16.1. The fraction of sp³-hybridized carbons (Fsp3) is 0.600. The van der Waals surface area contributed by atoms with Crippen LogP contribution >= 0.6 is 0 Å². The van der Waals surface area contributed by atoms with Gasteiger partial charge in [-0.3, -0.25) is 9.69 Å². The Labute approximate surface area is 189 Å². The van der Waals surface area contributed by atoms with E-state index >= 15 is 0 Å². The highest BCUT2D eigenvalue weighted by Crippen LogP contribution is 2.34. The van der Waals surface area contributed by atoms with Crippen molar-refractivity contribution in [2.75, 3.05) is 13.1 Å². The van der Waals surface area contributed by atoms with Crippen molar-refractivity contribution in [1.29, 1.82) is 0 Å². The van der Waals surface area contributed by atoms with E-state index in [9.17, 15) is 4.79 Å². The number of fused-ring (bicyclic) bond motifs is 1. The molecule has 1 N–H and O–H groups in total. The van der Waals surface area contributed by atoms with Crippen LogP contribution < -0.4 is 5.56 Å². The van der Waals surface area contributed by atoms with Gasteiger partial charge >= 0.3 is 0 Å². The van der Waals surface area contributed by atoms with Gasteiger partial charge in [-0.1, -0.05) is 39.2 Å². The molecule has 1 aliphatic carbocycles. The molecule has 0 radical (unpaired) electrons. The van der Waals surface area contributed by atoms with Crippen LogP contribution in [-0.2, 0) is 6.42 Å². The number of likely N-dealkylation sites (tertiary alicyclic amines) is 1. The molecule has 170 valence electrons. The summed E-state index contributed by atoms with van der Waals surface area (Å²) in [6, 6.07) is 8.47. The number of rotatable bonds is 5. The zero-order valence-corrected chi connectivity index (χ0v) is 19.3. The molecule has 2 atom stereocenters. The van der Waals surface area contributed by atoms with Gasteiger partial charge in [-0.2, -0.15) is 0 Å². The Bertz CT molecular complexity index is 1130. The van der Waals surface area contributed by atoms with Gasteiger partial charge in [0.1, 0.15) is 6.04 Å². The SMILES string of the molecule is CCc1ccc2[nH]c(=O)c(C(c3nnnn3C3CCCCC3)N3CCCC(C)C3)cc2c1. The largest absolute Gasteiger partial charge is 0.322 e. The molecule has 3 aromatic rings. The molecule has 32 heavy (non-hydrogen) atoms. The molecule has 0 spiro atoms. The van der Waals surface area contributed by atoms with Gasteiger partial charge < -0.3 is 4.98 Å². The van der Waals surface area contributed by atoms with E-state index in [1.165, 1.54) is 31.2 Å². The van der Waals surface area contributed by atoms with Crippen LogP contribution in [0.2, 0.25) is 0 Å². The molecule has 7 heteroatoms. The van der Waals surface area contributed by atoms with Crippen LogP contribution in [0.5, 0.6) is 0 Å². The van der Waals surface area contributed by atoms with Gasteiger partial charge in [-0.05, 0) is 84.1 Å². The molecule has 1 aliphatic heterocycles. The number of nitrogens with zero attached hydrogens (tertiary/aromatic N) is 5. The second kappa shape index (κ2) is 9.14. The van der Waals surface area contributed by atoms with Gasteiger partial charge in [0, 0.05) is 17.6 Å². The van der Waals surface area contributed by atoms with Crippen LogP contribution in [-0.4, -0.2) is 43.2 Å². The van der Waals surface area contributed by atoms with E-state index in [2.05, 4.69) is 57.5 Å². The fourth-order valence-electron chi connectivity index (χ4n) is 5.62. The van der Waals surface area contributed by atoms with E-state index in [1.807, 2.05) is 10.7 Å². The number of hydrogen-bond acceptors (Lipinski definition) is 5. The van der Waals surface area contributed by atoms with Crippen molar-refractivity contribution in [3.05, 3.63) is 51.6 Å². The lowest BCUT2D eigenvalue weighted by Gasteiger charge is -2.37. The maximum absolute atomic E-state index is 13.4. The number of hydrogen-bond donors (Lipinski definition) is 1. The lowest BCUT2D eigenvalue weighted by Crippen LogP contribution is -2.41. The first-order valence-corrected chi connectivity index (χ1v) is 12.3. The van der Waals surface area contributed by atoms with Crippen molar-refractivity contribution in [3.63, 3.8) is 0 Å². The molecule has 0 bridgehead atoms. The maximum Gasteiger partial charge on any atom is 0.253 e. The summed E-state index contributed by atoms with van der Waals surface area (Å²) in [6.45, 7) is 6.36. The second-order valence-electron chi connectivity index (χ2n) is 9.75. The average molecular weight is 435 g/mol. The Morgan fingerprint density at radius 1 is 1.12 bits per heavy atom. The Morgan fingerprint density at radius 3 is 2.75 bits per heavy atom. The molecule has 5 rings (SSSR count). The number of piperidine rings is 1. The van der Waals surface area contributed by atoms with Crippen molar-refractivity contribution < 1.29 is 0 Å². The topological polar surface area (TPSA) is 79.7 Å². The molecule has 2 unspecified atom stereocenters. The Morgan fingerprint density at radius 2 is 1.97 bits per heavy atom. The van der Waals surface area contributed by atoms with Crippen molar-refractivity contribution in [2.24, 2.45) is 5.92 Å². The third-order valence-electron chi connectivity index (χ3n) is 7.38. The molecule has 3 heterocycles. The second-order valence-corrected chi connectivity index (χ2v) is 9.75. The van der Waals surface area contributed by atoms with E-state index in [-0.39, 0.29) is 11.6 Å². The van der Waals surface area contributed by atoms with Gasteiger partial charge in [0.25, 0.3) is 5.56 Å². The van der Waals surface area contributed by atoms with Crippen molar-refractivity contribution in [1.82, 2.24) is 30.1 Å². The highest BCUT2D eigenvalue weighted by molar-refractivity contribution is 5.80. The van der Waals surface area contributed by atoms with E-state index in [0.717, 1.165) is 61.1 Å². The Balaban J connectivity index is 1.64. The number of aromatic amines is 1. The van der Waals surface area contributed by atoms with Crippen LogP contribution in [0.4, 0.5) is 0 Å². The van der Waals surface area contributed by atoms with E-state index in [4.69, 9.17) is 0 Å². The van der Waals surface area contributed by atoms with Crippen LogP contribution in [0.3, 0.4) is 0 Å². The summed E-state index contributed by atoms with van der Waals surface area (Å²) in [6.07, 6.45) is 9.25. The molecule has 2 aliphatic rings. The normalized spacial score (nSPS) is 21.8. The standard InChI is InChI=1S/C25H34N6O/c1-3-18-11-12-22-19(14-18)15-21(25(32)26-22)23(30-13-7-8-17(2)16-30)24-27-28-29-31(24)20-9-5-4-6-10-20/h11-12,14-15,17,20,23H,3-10,13,16H2,1-2H3,(H,26,32). The summed E-state index contributed by atoms with van der Waals surface area (Å²) in [4.78, 5) is 18.9. The first kappa shape index (κ1) is 21.3. The van der Waals surface area contributed by atoms with E-state index in [0.29, 0.717) is 12.0 Å². The summed E-state index contributed by atoms with van der Waals surface area (Å²) in [5, 5.41) is 14.1. The molecule has 1 saturated carbocycles. The quantitative estimate of drug-likeness (QED) is 0.644. The van der Waals surface area contributed by atoms with Crippen molar-refractivity contribution in [3.8, 4) is 0 Å². The predicted octanol–water partition coefficient (Wildman–Crippen LogP) is 4.40. The summed E-state index contributed by atoms with van der Waals surface area (Å²) in [5.41, 5.74) is 2.87. The molecular formula is C25H34N6O. The molecule has 1 aromatic carbocycles. The first-order valence-electron chi connectivity index (χ1n) is 12.3. The minimum absolute atomic E-state index is 0.0387. The van der Waals surface area contributed by atoms with Crippen molar-refractivity contribution >= 4 is 10.9 Å². The number of nitrogens with one attached hydrogen (secondary N) is 1. The van der Waals surface area contributed by atoms with Gasteiger partial charge in [-0.15, -0.1) is 5.10 Å². The monoisotopic (exact) mass is 434 g/mol. The smallest absolute Gasteiger partial charge is 0.253 e. The number of aromatic nitrogens is 5. The van der Waals surface area contributed by atoms with Crippen LogP contribution in [0.15, 0.2) is 29.1 Å². The first-order chi connectivity index (χ1) is 15.6. The maximum atomic E-state index is 13.4. The summed E-state index contributed by atoms with van der Waals surface area (Å²) >= 11 is 0. The minimum atomic E-state index is -0.229. The van der Waals surface area contributed by atoms with Crippen LogP contribution in [0.25, 0.3) is 10.9 Å². The summed E-state index contributed by atoms with van der Waals surface area (Å²) < 4.78 is 2.04. The van der Waals surface area contributed by atoms with Gasteiger partial charge in [0.15, 0.2) is 5.82 Å². The van der Waals surface area contributed by atoms with E-state index in [1.54, 1.807) is 0 Å². The average Bonchev–Trinajstić information content (AvgIpc) is 3.29. The van der Waals surface area contributed by atoms with Crippen molar-refractivity contribution in [2.45, 2.75) is 77.3 Å². The molecule has 0 amide bonds. The number of tetrazole rings is 1. The van der Waals surface area contributed by atoms with Crippen LogP contribution in [0, 0.1) is 5.92 Å². The van der Waals surface area contributed by atoms with Gasteiger partial charge in [0.2, 0.25) is 0 Å². The molecular weight excluding hydrogens is 400 g/mol. The molecule has 1 saturated heterocycles. The third-order valence-corrected chi connectivity index (χ3v) is 7.38. The Hall–Kier alpha value is -2.54. The van der Waals surface area contributed by atoms with Gasteiger partial charge in [0.05, 0.1) is 6.04 Å². The lowest BCUT2D eigenvalue weighted by atomic mass is 9.93. The minimum Gasteiger partial charge on any atom is -0.322 e. The zero-order chi connectivity index (χ0) is 22.1. The summed E-state index contributed by atoms with van der Waals surface area (Å²) in [7, 11) is 0. The number of aryl methyl sites for hydroxylation is 1. The van der Waals surface area contributed by atoms with Gasteiger partial charge in [-0.25, -0.2) is 4.68 Å².